The lowest BCUT2D eigenvalue weighted by Crippen LogP contribution is -2.41. The SMILES string of the molecule is CO/C=C/C=C/B1OC(C)(C)C(C)(C)O1. The molecule has 15 heavy (non-hydrogen) atoms. The first-order valence-corrected chi connectivity index (χ1v) is 5.11. The highest BCUT2D eigenvalue weighted by Gasteiger charge is 2.49. The molecular weight excluding hydrogens is 191 g/mol. The van der Waals surface area contributed by atoms with Gasteiger partial charge in [0, 0.05) is 0 Å². The van der Waals surface area contributed by atoms with Gasteiger partial charge in [-0.05, 0) is 33.8 Å². The summed E-state index contributed by atoms with van der Waals surface area (Å²) >= 11 is 0. The summed E-state index contributed by atoms with van der Waals surface area (Å²) in [5, 5.41) is 0. The van der Waals surface area contributed by atoms with Gasteiger partial charge in [0.15, 0.2) is 0 Å². The predicted octanol–water partition coefficient (Wildman–Crippen LogP) is 2.33. The summed E-state index contributed by atoms with van der Waals surface area (Å²) in [7, 11) is 1.33. The third-order valence-corrected chi connectivity index (χ3v) is 2.87. The third-order valence-electron chi connectivity index (χ3n) is 2.87. The van der Waals surface area contributed by atoms with Crippen molar-refractivity contribution in [2.75, 3.05) is 7.11 Å². The third kappa shape index (κ3) is 2.86. The summed E-state index contributed by atoms with van der Waals surface area (Å²) in [6.07, 6.45) is 5.25. The molecule has 0 atom stereocenters. The molecule has 84 valence electrons. The van der Waals surface area contributed by atoms with Crippen LogP contribution in [0.2, 0.25) is 0 Å². The van der Waals surface area contributed by atoms with Crippen molar-refractivity contribution in [1.82, 2.24) is 0 Å². The molecule has 0 radical (unpaired) electrons. The number of rotatable bonds is 3. The van der Waals surface area contributed by atoms with Crippen LogP contribution in [0, 0.1) is 0 Å². The Bertz CT molecular complexity index is 253. The molecule has 0 bridgehead atoms. The molecule has 0 aromatic carbocycles. The van der Waals surface area contributed by atoms with Crippen LogP contribution in [0.5, 0.6) is 0 Å². The molecule has 4 heteroatoms. The van der Waals surface area contributed by atoms with Crippen LogP contribution in [0.25, 0.3) is 0 Å². The molecule has 0 N–H and O–H groups in total. The fraction of sp³-hybridized carbons (Fsp3) is 0.636. The fourth-order valence-corrected chi connectivity index (χ4v) is 1.25. The van der Waals surface area contributed by atoms with Gasteiger partial charge in [-0.1, -0.05) is 12.1 Å². The van der Waals surface area contributed by atoms with Crippen LogP contribution in [-0.2, 0) is 14.0 Å². The summed E-state index contributed by atoms with van der Waals surface area (Å²) < 4.78 is 16.3. The van der Waals surface area contributed by atoms with Crippen molar-refractivity contribution in [3.63, 3.8) is 0 Å². The molecule has 1 heterocycles. The van der Waals surface area contributed by atoms with Gasteiger partial charge in [-0.25, -0.2) is 0 Å². The maximum absolute atomic E-state index is 5.76. The Morgan fingerprint density at radius 1 is 1.00 bits per heavy atom. The van der Waals surface area contributed by atoms with Crippen molar-refractivity contribution in [3.05, 3.63) is 24.4 Å². The van der Waals surface area contributed by atoms with Crippen molar-refractivity contribution >= 4 is 7.12 Å². The number of hydrogen-bond donors (Lipinski definition) is 0. The molecule has 0 spiro atoms. The minimum atomic E-state index is -0.281. The number of methoxy groups -OCH3 is 1. The van der Waals surface area contributed by atoms with E-state index in [4.69, 9.17) is 14.0 Å². The van der Waals surface area contributed by atoms with Gasteiger partial charge < -0.3 is 14.0 Å². The van der Waals surface area contributed by atoms with Crippen molar-refractivity contribution in [2.24, 2.45) is 0 Å². The molecule has 0 saturated carbocycles. The molecule has 1 fully saturated rings. The van der Waals surface area contributed by atoms with Gasteiger partial charge in [-0.15, -0.1) is 0 Å². The van der Waals surface area contributed by atoms with Gasteiger partial charge in [-0.3, -0.25) is 0 Å². The molecular formula is C11H19BO3. The van der Waals surface area contributed by atoms with Crippen LogP contribution < -0.4 is 0 Å². The molecule has 0 aromatic heterocycles. The average molecular weight is 210 g/mol. The monoisotopic (exact) mass is 210 g/mol. The van der Waals surface area contributed by atoms with Crippen LogP contribution in [-0.4, -0.2) is 25.4 Å². The fourth-order valence-electron chi connectivity index (χ4n) is 1.25. The summed E-state index contributed by atoms with van der Waals surface area (Å²) in [6.45, 7) is 8.13. The molecule has 0 unspecified atom stereocenters. The van der Waals surface area contributed by atoms with Crippen LogP contribution in [0.15, 0.2) is 24.4 Å². The molecule has 0 aromatic rings. The first-order valence-electron chi connectivity index (χ1n) is 5.11. The predicted molar refractivity (Wildman–Crippen MR) is 61.4 cm³/mol. The van der Waals surface area contributed by atoms with Gasteiger partial charge in [-0.2, -0.15) is 0 Å². The van der Waals surface area contributed by atoms with Crippen LogP contribution >= 0.6 is 0 Å². The van der Waals surface area contributed by atoms with Gasteiger partial charge in [0.25, 0.3) is 0 Å². The first kappa shape index (κ1) is 12.3. The van der Waals surface area contributed by atoms with Gasteiger partial charge >= 0.3 is 7.12 Å². The zero-order valence-electron chi connectivity index (χ0n) is 10.1. The Hall–Kier alpha value is -0.735. The molecule has 1 aliphatic rings. The van der Waals surface area contributed by atoms with E-state index in [0.717, 1.165) is 0 Å². The quantitative estimate of drug-likeness (QED) is 0.406. The maximum atomic E-state index is 5.76. The maximum Gasteiger partial charge on any atom is 0.487 e. The highest BCUT2D eigenvalue weighted by atomic mass is 16.7. The lowest BCUT2D eigenvalue weighted by molar-refractivity contribution is 0.00578. The van der Waals surface area contributed by atoms with Crippen LogP contribution in [0.3, 0.4) is 0 Å². The molecule has 0 amide bonds. The second kappa shape index (κ2) is 4.41. The van der Waals surface area contributed by atoms with Gasteiger partial charge in [0.05, 0.1) is 24.6 Å². The zero-order valence-corrected chi connectivity index (χ0v) is 10.1. The van der Waals surface area contributed by atoms with Crippen molar-refractivity contribution in [3.8, 4) is 0 Å². The first-order chi connectivity index (χ1) is 6.89. The topological polar surface area (TPSA) is 27.7 Å². The minimum Gasteiger partial charge on any atom is -0.504 e. The molecule has 1 aliphatic heterocycles. The van der Waals surface area contributed by atoms with E-state index in [1.54, 1.807) is 19.4 Å². The van der Waals surface area contributed by atoms with E-state index in [1.165, 1.54) is 0 Å². The van der Waals surface area contributed by atoms with Crippen molar-refractivity contribution in [2.45, 2.75) is 38.9 Å². The summed E-state index contributed by atoms with van der Waals surface area (Å²) in [5.41, 5.74) is -0.542. The van der Waals surface area contributed by atoms with Gasteiger partial charge in [0.2, 0.25) is 0 Å². The lowest BCUT2D eigenvalue weighted by Gasteiger charge is -2.32. The zero-order chi connectivity index (χ0) is 11.5. The van der Waals surface area contributed by atoms with E-state index in [0.29, 0.717) is 0 Å². The summed E-state index contributed by atoms with van der Waals surface area (Å²) in [6, 6.07) is 0. The summed E-state index contributed by atoms with van der Waals surface area (Å²) in [4.78, 5) is 0. The Labute approximate surface area is 92.2 Å². The average Bonchev–Trinajstić information content (AvgIpc) is 2.30. The lowest BCUT2D eigenvalue weighted by atomic mass is 9.90. The number of allylic oxidation sites excluding steroid dienone is 2. The van der Waals surface area contributed by atoms with E-state index >= 15 is 0 Å². The van der Waals surface area contributed by atoms with E-state index in [1.807, 2.05) is 39.7 Å². The van der Waals surface area contributed by atoms with Crippen molar-refractivity contribution < 1.29 is 14.0 Å². The summed E-state index contributed by atoms with van der Waals surface area (Å²) in [5.74, 6) is 1.87. The number of ether oxygens (including phenoxy) is 1. The molecule has 3 nitrogen and oxygen atoms in total. The standard InChI is InChI=1S/C11H19BO3/c1-10(2)11(3,4)15-12(14-10)8-6-7-9-13-5/h6-9H,1-5H3/b8-6+,9-7+. The minimum absolute atomic E-state index is 0.271. The molecule has 1 saturated heterocycles. The van der Waals surface area contributed by atoms with E-state index in [-0.39, 0.29) is 18.3 Å². The number of hydrogen-bond acceptors (Lipinski definition) is 3. The van der Waals surface area contributed by atoms with E-state index < -0.39 is 0 Å². The van der Waals surface area contributed by atoms with Gasteiger partial charge in [0.1, 0.15) is 0 Å². The Balaban J connectivity index is 2.56. The normalized spacial score (nSPS) is 24.2. The molecule has 1 rings (SSSR count). The highest BCUT2D eigenvalue weighted by molar-refractivity contribution is 6.51. The molecule has 0 aliphatic carbocycles. The van der Waals surface area contributed by atoms with E-state index in [2.05, 4.69) is 0 Å². The van der Waals surface area contributed by atoms with Crippen LogP contribution in [0.1, 0.15) is 27.7 Å². The smallest absolute Gasteiger partial charge is 0.487 e. The Kier molecular flexibility index (Phi) is 3.63. The van der Waals surface area contributed by atoms with Crippen molar-refractivity contribution in [1.29, 1.82) is 0 Å². The van der Waals surface area contributed by atoms with Crippen LogP contribution in [0.4, 0.5) is 0 Å². The van der Waals surface area contributed by atoms with E-state index in [9.17, 15) is 0 Å². The Morgan fingerprint density at radius 2 is 1.53 bits per heavy atom. The largest absolute Gasteiger partial charge is 0.504 e. The highest BCUT2D eigenvalue weighted by Crippen LogP contribution is 2.36. The second-order valence-electron chi connectivity index (χ2n) is 4.57. The Morgan fingerprint density at radius 3 is 2.00 bits per heavy atom. The second-order valence-corrected chi connectivity index (χ2v) is 4.57.